The fourth-order valence-electron chi connectivity index (χ4n) is 2.78. The molecule has 0 heterocycles. The standard InChI is InChI=1S/C14H32P2.2BrH.Fe/c1-11(2)15(12(3)4)9-10-16(13(5)6)14(7)8;;;/h11-14H,9-10H2,1-8H3;2*1H;/q;;;+2. The first-order valence-corrected chi connectivity index (χ1v) is 16.4. The van der Waals surface area contributed by atoms with Crippen LogP contribution in [0.2, 0.25) is 0 Å². The zero-order valence-electron chi connectivity index (χ0n) is 13.8. The van der Waals surface area contributed by atoms with Gasteiger partial charge in [-0.25, -0.2) is 0 Å². The average Bonchev–Trinajstić information content (AvgIpc) is 2.22. The summed E-state index contributed by atoms with van der Waals surface area (Å²) < 4.78 is 0. The van der Waals surface area contributed by atoms with Crippen molar-refractivity contribution in [3.8, 4) is 0 Å². The third-order valence-electron chi connectivity index (χ3n) is 3.67. The summed E-state index contributed by atoms with van der Waals surface area (Å²) >= 11 is 7.00. The molecule has 0 aromatic heterocycles. The minimum absolute atomic E-state index is 0.114. The maximum atomic E-state index is 3.06. The SMILES string of the molecule is CC(C)[PH+](CC[PH+](C(C)C)C(C)C)C(C)C.[Br][Fe][Br]. The zero-order valence-corrected chi connectivity index (χ0v) is 20.1. The van der Waals surface area contributed by atoms with Gasteiger partial charge in [0, 0.05) is 15.8 Å². The van der Waals surface area contributed by atoms with Crippen LogP contribution in [0.4, 0.5) is 0 Å². The molecule has 0 aliphatic carbocycles. The molecule has 0 nitrogen and oxygen atoms in total. The summed E-state index contributed by atoms with van der Waals surface area (Å²) in [5.41, 5.74) is 3.81. The Hall–Kier alpha value is 2.34. The molecular weight excluding hydrogens is 446 g/mol. The summed E-state index contributed by atoms with van der Waals surface area (Å²) in [6.07, 6.45) is 3.12. The van der Waals surface area contributed by atoms with Crippen molar-refractivity contribution in [1.82, 2.24) is 0 Å². The Bertz CT molecular complexity index is 164. The van der Waals surface area contributed by atoms with Crippen molar-refractivity contribution in [2.75, 3.05) is 12.3 Å². The molecule has 0 unspecified atom stereocenters. The molecule has 0 aliphatic rings. The summed E-state index contributed by atoms with van der Waals surface area (Å²) in [7, 11) is -0.229. The minimum atomic E-state index is -0.114. The van der Waals surface area contributed by atoms with Gasteiger partial charge in [0.25, 0.3) is 0 Å². The number of hydrogen-bond acceptors (Lipinski definition) is 0. The number of hydrogen-bond donors (Lipinski definition) is 0. The van der Waals surface area contributed by atoms with Crippen LogP contribution in [0.3, 0.4) is 0 Å². The summed E-state index contributed by atoms with van der Waals surface area (Å²) in [5, 5.41) is 0. The molecule has 0 saturated carbocycles. The Morgan fingerprint density at radius 2 is 0.789 bits per heavy atom. The summed E-state index contributed by atoms with van der Waals surface area (Å²) in [6.45, 7) is 19.5. The van der Waals surface area contributed by atoms with Crippen LogP contribution >= 0.6 is 44.1 Å². The molecular formula is C14H34Br2FeP2+2. The van der Waals surface area contributed by atoms with Crippen LogP contribution in [0, 0.1) is 0 Å². The summed E-state index contributed by atoms with van der Waals surface area (Å²) in [6, 6.07) is 0. The monoisotopic (exact) mass is 478 g/mol. The van der Waals surface area contributed by atoms with E-state index in [1.54, 1.807) is 12.3 Å². The van der Waals surface area contributed by atoms with Crippen LogP contribution in [0.1, 0.15) is 55.4 Å². The fraction of sp³-hybridized carbons (Fsp3) is 1.00. The van der Waals surface area contributed by atoms with Crippen LogP contribution in [0.5, 0.6) is 0 Å². The van der Waals surface area contributed by atoms with Crippen LogP contribution < -0.4 is 0 Å². The van der Waals surface area contributed by atoms with Gasteiger partial charge in [0.15, 0.2) is 0 Å². The number of rotatable bonds is 7. The van der Waals surface area contributed by atoms with E-state index >= 15 is 0 Å². The molecule has 0 aromatic rings. The molecule has 19 heavy (non-hydrogen) atoms. The van der Waals surface area contributed by atoms with Crippen molar-refractivity contribution < 1.29 is 11.3 Å². The van der Waals surface area contributed by atoms with Gasteiger partial charge >= 0.3 is 39.6 Å². The maximum absolute atomic E-state index is 3.06. The first-order valence-electron chi connectivity index (χ1n) is 7.25. The predicted molar refractivity (Wildman–Crippen MR) is 105 cm³/mol. The summed E-state index contributed by atoms with van der Waals surface area (Å²) in [5.74, 6) is 0. The molecule has 120 valence electrons. The molecule has 0 fully saturated rings. The fourth-order valence-corrected chi connectivity index (χ4v) is 10.1. The quantitative estimate of drug-likeness (QED) is 0.280. The van der Waals surface area contributed by atoms with Gasteiger partial charge in [-0.2, -0.15) is 0 Å². The van der Waals surface area contributed by atoms with E-state index in [0.717, 1.165) is 34.0 Å². The van der Waals surface area contributed by atoms with E-state index in [9.17, 15) is 0 Å². The molecule has 0 bridgehead atoms. The molecule has 0 amide bonds. The van der Waals surface area contributed by atoms with Crippen molar-refractivity contribution in [1.29, 1.82) is 0 Å². The molecule has 0 radical (unpaired) electrons. The van der Waals surface area contributed by atoms with E-state index in [0.29, 0.717) is 0 Å². The Balaban J connectivity index is 0. The second kappa shape index (κ2) is 14.0. The Kier molecular flexibility index (Phi) is 17.3. The van der Waals surface area contributed by atoms with Crippen molar-refractivity contribution in [3.63, 3.8) is 0 Å². The molecule has 0 atom stereocenters. The average molecular weight is 480 g/mol. The third-order valence-corrected chi connectivity index (χ3v) is 11.8. The molecule has 5 heteroatoms. The number of halogens is 2. The Morgan fingerprint density at radius 3 is 0.895 bits per heavy atom. The van der Waals surface area contributed by atoms with Crippen molar-refractivity contribution in [2.45, 2.75) is 78.0 Å². The molecule has 0 rings (SSSR count). The topological polar surface area (TPSA) is 0 Å². The molecule has 0 N–H and O–H groups in total. The zero-order chi connectivity index (χ0) is 15.6. The van der Waals surface area contributed by atoms with E-state index in [-0.39, 0.29) is 15.8 Å². The van der Waals surface area contributed by atoms with Gasteiger partial charge in [-0.1, -0.05) is 0 Å². The second-order valence-electron chi connectivity index (χ2n) is 6.32. The second-order valence-corrected chi connectivity index (χ2v) is 19.8. The van der Waals surface area contributed by atoms with Crippen LogP contribution in [-0.2, 0) is 11.3 Å². The molecule has 0 saturated heterocycles. The first-order chi connectivity index (χ1) is 8.68. The third kappa shape index (κ3) is 12.6. The molecule has 0 aromatic carbocycles. The van der Waals surface area contributed by atoms with Crippen molar-refractivity contribution in [3.05, 3.63) is 0 Å². The van der Waals surface area contributed by atoms with Gasteiger partial charge in [-0.3, -0.25) is 0 Å². The first kappa shape index (κ1) is 23.6. The van der Waals surface area contributed by atoms with Gasteiger partial charge in [0.2, 0.25) is 0 Å². The van der Waals surface area contributed by atoms with Gasteiger partial charge in [-0.15, -0.1) is 0 Å². The van der Waals surface area contributed by atoms with E-state index in [1.165, 1.54) is 0 Å². The van der Waals surface area contributed by atoms with Gasteiger partial charge in [0.1, 0.15) is 0 Å². The van der Waals surface area contributed by atoms with Gasteiger partial charge in [0.05, 0.1) is 35.0 Å². The Labute approximate surface area is 145 Å². The van der Waals surface area contributed by atoms with Crippen molar-refractivity contribution >= 4 is 44.1 Å². The van der Waals surface area contributed by atoms with Gasteiger partial charge < -0.3 is 0 Å². The van der Waals surface area contributed by atoms with Crippen LogP contribution in [0.15, 0.2) is 0 Å². The Morgan fingerprint density at radius 1 is 0.632 bits per heavy atom. The van der Waals surface area contributed by atoms with E-state index in [1.807, 2.05) is 0 Å². The van der Waals surface area contributed by atoms with E-state index in [2.05, 4.69) is 83.6 Å². The van der Waals surface area contributed by atoms with Crippen LogP contribution in [-0.4, -0.2) is 35.0 Å². The molecule has 0 aliphatic heterocycles. The van der Waals surface area contributed by atoms with Crippen LogP contribution in [0.25, 0.3) is 0 Å². The van der Waals surface area contributed by atoms with Gasteiger partial charge in [-0.05, 0) is 55.4 Å². The van der Waals surface area contributed by atoms with E-state index < -0.39 is 0 Å². The molecule has 0 spiro atoms. The predicted octanol–water partition coefficient (Wildman–Crippen LogP) is 6.74. The summed E-state index contributed by atoms with van der Waals surface area (Å²) in [4.78, 5) is 0. The normalized spacial score (nSPS) is 12.2. The van der Waals surface area contributed by atoms with E-state index in [4.69, 9.17) is 0 Å². The van der Waals surface area contributed by atoms with Crippen molar-refractivity contribution in [2.24, 2.45) is 0 Å².